The van der Waals surface area contributed by atoms with E-state index in [0.717, 1.165) is 11.1 Å². The number of hydrazone groups is 1. The van der Waals surface area contributed by atoms with Gasteiger partial charge in [-0.05, 0) is 85.5 Å². The highest BCUT2D eigenvalue weighted by Crippen LogP contribution is 2.40. The monoisotopic (exact) mass is 525 g/mol. The Morgan fingerprint density at radius 1 is 0.974 bits per heavy atom. The molecule has 39 heavy (non-hydrogen) atoms. The van der Waals surface area contributed by atoms with Crippen molar-refractivity contribution in [3.8, 4) is 22.6 Å². The summed E-state index contributed by atoms with van der Waals surface area (Å²) in [4.78, 5) is 26.1. The molecule has 5 rings (SSSR count). The van der Waals surface area contributed by atoms with Crippen LogP contribution in [0.2, 0.25) is 0 Å². The number of hydrogen-bond donors (Lipinski definition) is 3. The molecule has 4 aromatic rings. The van der Waals surface area contributed by atoms with Gasteiger partial charge in [0.2, 0.25) is 0 Å². The molecule has 0 saturated heterocycles. The first kappa shape index (κ1) is 25.5. The van der Waals surface area contributed by atoms with E-state index >= 15 is 0 Å². The molecule has 1 amide bonds. The molecule has 0 saturated carbocycles. The Morgan fingerprint density at radius 2 is 1.74 bits per heavy atom. The molecule has 0 atom stereocenters. The van der Waals surface area contributed by atoms with E-state index < -0.39 is 17.9 Å². The summed E-state index contributed by atoms with van der Waals surface area (Å²) in [5, 5.41) is 24.2. The van der Waals surface area contributed by atoms with Gasteiger partial charge in [0.25, 0.3) is 5.91 Å². The highest BCUT2D eigenvalue weighted by molar-refractivity contribution is 6.56. The number of para-hydroxylation sites is 1. The number of phenolic OH excluding ortho intramolecular Hbond substituents is 1. The number of nitrogens with zero attached hydrogens (tertiary/aromatic N) is 2. The van der Waals surface area contributed by atoms with Gasteiger partial charge in [0.05, 0.1) is 11.4 Å². The van der Waals surface area contributed by atoms with Crippen LogP contribution in [0.1, 0.15) is 22.3 Å². The minimum atomic E-state index is -1.45. The number of carboxylic acid groups (broad SMARTS) is 1. The zero-order valence-electron chi connectivity index (χ0n) is 21.3. The Labute approximate surface area is 223 Å². The lowest BCUT2D eigenvalue weighted by Gasteiger charge is -2.18. The van der Waals surface area contributed by atoms with Crippen molar-refractivity contribution in [1.82, 2.24) is 0 Å². The van der Waals surface area contributed by atoms with Crippen LogP contribution >= 0.6 is 0 Å². The van der Waals surface area contributed by atoms with E-state index in [1.807, 2.05) is 32.0 Å². The summed E-state index contributed by atoms with van der Waals surface area (Å²) in [6, 6.07) is 19.6. The van der Waals surface area contributed by atoms with Crippen LogP contribution in [0.25, 0.3) is 11.1 Å². The van der Waals surface area contributed by atoms with Crippen LogP contribution in [-0.4, -0.2) is 28.0 Å². The molecule has 1 heterocycles. The van der Waals surface area contributed by atoms with Crippen molar-refractivity contribution < 1.29 is 28.9 Å². The third-order valence-corrected chi connectivity index (χ3v) is 6.68. The summed E-state index contributed by atoms with van der Waals surface area (Å²) in [7, 11) is 0. The van der Waals surface area contributed by atoms with E-state index in [9.17, 15) is 19.1 Å². The van der Waals surface area contributed by atoms with Gasteiger partial charge in [0.1, 0.15) is 17.3 Å². The number of nitrogens with one attached hydrogen (secondary N) is 1. The molecule has 8 nitrogen and oxygen atoms in total. The second-order valence-electron chi connectivity index (χ2n) is 9.15. The molecular weight excluding hydrogens is 501 g/mol. The number of halogens is 1. The summed E-state index contributed by atoms with van der Waals surface area (Å²) in [6.45, 7) is 5.52. The summed E-state index contributed by atoms with van der Waals surface area (Å²) in [6.07, 6.45) is -1.45. The molecule has 3 N–H and O–H groups in total. The summed E-state index contributed by atoms with van der Waals surface area (Å²) >= 11 is 0. The molecule has 1 aliphatic heterocycles. The molecule has 0 aliphatic carbocycles. The molecule has 196 valence electrons. The van der Waals surface area contributed by atoms with Crippen molar-refractivity contribution in [2.45, 2.75) is 20.8 Å². The van der Waals surface area contributed by atoms with Gasteiger partial charge in [0.15, 0.2) is 5.71 Å². The average Bonchev–Trinajstić information content (AvgIpc) is 3.18. The number of rotatable bonds is 5. The smallest absolute Gasteiger partial charge is 0.505 e. The molecule has 0 spiro atoms. The summed E-state index contributed by atoms with van der Waals surface area (Å²) < 4.78 is 19.3. The van der Waals surface area contributed by atoms with Crippen molar-refractivity contribution in [3.05, 3.63) is 101 Å². The average molecular weight is 526 g/mol. The number of fused-ring (bicyclic) bond motifs is 1. The number of carbonyl (C=O) groups is 2. The number of amides is 1. The van der Waals surface area contributed by atoms with Crippen LogP contribution in [0.5, 0.6) is 11.5 Å². The quantitative estimate of drug-likeness (QED) is 0.116. The van der Waals surface area contributed by atoms with E-state index in [2.05, 4.69) is 10.5 Å². The number of aryl methyl sites for hydroxylation is 2. The molecule has 0 radical (unpaired) electrons. The van der Waals surface area contributed by atoms with Crippen LogP contribution in [-0.2, 0) is 4.79 Å². The number of hydrogen-bond acceptors (Lipinski definition) is 6. The van der Waals surface area contributed by atoms with E-state index in [4.69, 9.17) is 9.84 Å². The molecule has 0 unspecified atom stereocenters. The number of benzene rings is 4. The lowest BCUT2D eigenvalue weighted by molar-refractivity contribution is -0.111. The molecule has 1 aliphatic rings. The van der Waals surface area contributed by atoms with Crippen LogP contribution < -0.4 is 15.1 Å². The van der Waals surface area contributed by atoms with Gasteiger partial charge in [0, 0.05) is 16.8 Å². The Bertz CT molecular complexity index is 1680. The van der Waals surface area contributed by atoms with Gasteiger partial charge < -0.3 is 14.9 Å². The minimum Gasteiger partial charge on any atom is -0.505 e. The fourth-order valence-electron chi connectivity index (χ4n) is 4.51. The lowest BCUT2D eigenvalue weighted by atomic mass is 10.0. The second kappa shape index (κ2) is 9.94. The fourth-order valence-corrected chi connectivity index (χ4v) is 4.51. The molecule has 0 aromatic heterocycles. The van der Waals surface area contributed by atoms with Gasteiger partial charge >= 0.3 is 6.16 Å². The first-order valence-corrected chi connectivity index (χ1v) is 12.0. The van der Waals surface area contributed by atoms with E-state index in [-0.39, 0.29) is 28.5 Å². The minimum absolute atomic E-state index is 0.00175. The van der Waals surface area contributed by atoms with Crippen molar-refractivity contribution in [2.75, 3.05) is 10.3 Å². The maximum absolute atomic E-state index is 14.6. The third kappa shape index (κ3) is 4.66. The lowest BCUT2D eigenvalue weighted by Crippen LogP contribution is -2.26. The van der Waals surface area contributed by atoms with Gasteiger partial charge in [-0.25, -0.2) is 9.18 Å². The SMILES string of the molecule is Cc1ccc(N2C(=O)C(=NNc3cccc(-c4cccc(OC(=O)O)c4)c3O)c3c2ccc(F)c3C)cc1C. The highest BCUT2D eigenvalue weighted by atomic mass is 19.1. The number of carbonyl (C=O) groups excluding carboxylic acids is 1. The maximum Gasteiger partial charge on any atom is 0.511 e. The third-order valence-electron chi connectivity index (χ3n) is 6.68. The van der Waals surface area contributed by atoms with E-state index in [0.29, 0.717) is 28.1 Å². The zero-order valence-corrected chi connectivity index (χ0v) is 21.3. The van der Waals surface area contributed by atoms with E-state index in [1.165, 1.54) is 23.1 Å². The van der Waals surface area contributed by atoms with Gasteiger partial charge in [-0.1, -0.05) is 30.3 Å². The summed E-state index contributed by atoms with van der Waals surface area (Å²) in [5.41, 5.74) is 7.71. The Morgan fingerprint density at radius 3 is 2.49 bits per heavy atom. The standard InChI is InChI=1S/C30H24FN3O5/c1-16-10-11-20(14-17(16)2)34-25-13-12-23(31)18(3)26(25)27(29(34)36)33-32-24-9-5-8-22(28(24)35)19-6-4-7-21(15-19)39-30(37)38/h4-15,32,35H,1-3H3,(H,37,38). The first-order valence-electron chi connectivity index (χ1n) is 12.0. The normalized spacial score (nSPS) is 13.5. The van der Waals surface area contributed by atoms with Crippen molar-refractivity contribution in [1.29, 1.82) is 0 Å². The van der Waals surface area contributed by atoms with Gasteiger partial charge in [-0.2, -0.15) is 5.10 Å². The molecule has 9 heteroatoms. The summed E-state index contributed by atoms with van der Waals surface area (Å²) in [5.74, 6) is -0.995. The first-order chi connectivity index (χ1) is 18.7. The molecule has 0 bridgehead atoms. The van der Waals surface area contributed by atoms with Crippen LogP contribution in [0.15, 0.2) is 77.9 Å². The van der Waals surface area contributed by atoms with Crippen LogP contribution in [0, 0.1) is 26.6 Å². The predicted octanol–water partition coefficient (Wildman–Crippen LogP) is 6.67. The fraction of sp³-hybridized carbons (Fsp3) is 0.100. The van der Waals surface area contributed by atoms with Gasteiger partial charge in [-0.3, -0.25) is 15.1 Å². The molecule has 4 aromatic carbocycles. The van der Waals surface area contributed by atoms with Crippen molar-refractivity contribution >= 4 is 34.8 Å². The van der Waals surface area contributed by atoms with Gasteiger partial charge in [-0.15, -0.1) is 0 Å². The topological polar surface area (TPSA) is 111 Å². The Kier molecular flexibility index (Phi) is 6.49. The van der Waals surface area contributed by atoms with Crippen molar-refractivity contribution in [3.63, 3.8) is 0 Å². The predicted molar refractivity (Wildman–Crippen MR) is 147 cm³/mol. The number of anilines is 3. The maximum atomic E-state index is 14.6. The zero-order chi connectivity index (χ0) is 27.8. The van der Waals surface area contributed by atoms with Crippen molar-refractivity contribution in [2.24, 2.45) is 5.10 Å². The van der Waals surface area contributed by atoms with E-state index in [1.54, 1.807) is 43.3 Å². The van der Waals surface area contributed by atoms with Crippen LogP contribution in [0.4, 0.5) is 26.2 Å². The van der Waals surface area contributed by atoms with Crippen LogP contribution in [0.3, 0.4) is 0 Å². The second-order valence-corrected chi connectivity index (χ2v) is 9.15. The highest BCUT2D eigenvalue weighted by Gasteiger charge is 2.37. The molecular formula is C30H24FN3O5. The Balaban J connectivity index is 1.54. The number of ether oxygens (including phenoxy) is 1. The number of aromatic hydroxyl groups is 1. The molecule has 0 fully saturated rings. The Hall–Kier alpha value is -5.18. The largest absolute Gasteiger partial charge is 0.511 e. The number of phenols is 1.